The summed E-state index contributed by atoms with van der Waals surface area (Å²) >= 11 is 9.07. The second-order valence-electron chi connectivity index (χ2n) is 6.12. The molecule has 0 aliphatic carbocycles. The van der Waals surface area contributed by atoms with Gasteiger partial charge in [0.25, 0.3) is 5.91 Å². The van der Waals surface area contributed by atoms with Crippen LogP contribution in [0.5, 0.6) is 5.75 Å². The van der Waals surface area contributed by atoms with Gasteiger partial charge in [0.2, 0.25) is 10.0 Å². The van der Waals surface area contributed by atoms with Crippen LogP contribution >= 0.6 is 27.5 Å². The van der Waals surface area contributed by atoms with Crippen LogP contribution in [0.1, 0.15) is 10.4 Å². The number of carbonyl (C=O) groups is 1. The molecule has 0 N–H and O–H groups in total. The van der Waals surface area contributed by atoms with Crippen molar-refractivity contribution < 1.29 is 22.3 Å². The zero-order chi connectivity index (χ0) is 20.5. The summed E-state index contributed by atoms with van der Waals surface area (Å²) in [5, 5.41) is -0.252. The van der Waals surface area contributed by atoms with Gasteiger partial charge in [-0.05, 0) is 52.3 Å². The number of ether oxygens (including phenoxy) is 1. The lowest BCUT2D eigenvalue weighted by Crippen LogP contribution is -2.50. The third-order valence-corrected chi connectivity index (χ3v) is 7.33. The van der Waals surface area contributed by atoms with E-state index in [1.807, 2.05) is 0 Å². The summed E-state index contributed by atoms with van der Waals surface area (Å²) in [6, 6.07) is 8.40. The van der Waals surface area contributed by atoms with Gasteiger partial charge >= 0.3 is 0 Å². The Balaban J connectivity index is 1.73. The van der Waals surface area contributed by atoms with E-state index in [4.69, 9.17) is 16.3 Å². The molecule has 1 fully saturated rings. The highest BCUT2D eigenvalue weighted by atomic mass is 79.9. The molecule has 0 atom stereocenters. The number of methoxy groups -OCH3 is 1. The fraction of sp³-hybridized carbons (Fsp3) is 0.278. The van der Waals surface area contributed by atoms with Gasteiger partial charge in [0, 0.05) is 30.7 Å². The van der Waals surface area contributed by atoms with E-state index >= 15 is 0 Å². The van der Waals surface area contributed by atoms with Crippen molar-refractivity contribution in [1.29, 1.82) is 0 Å². The van der Waals surface area contributed by atoms with Crippen LogP contribution in [0, 0.1) is 5.82 Å². The zero-order valence-corrected chi connectivity index (χ0v) is 18.0. The summed E-state index contributed by atoms with van der Waals surface area (Å²) in [6.07, 6.45) is 0. The van der Waals surface area contributed by atoms with E-state index in [1.165, 1.54) is 17.5 Å². The van der Waals surface area contributed by atoms with E-state index in [0.29, 0.717) is 15.8 Å². The van der Waals surface area contributed by atoms with Gasteiger partial charge < -0.3 is 9.64 Å². The Morgan fingerprint density at radius 2 is 1.82 bits per heavy atom. The number of nitrogens with zero attached hydrogens (tertiary/aromatic N) is 2. The van der Waals surface area contributed by atoms with Gasteiger partial charge in [-0.15, -0.1) is 0 Å². The summed E-state index contributed by atoms with van der Waals surface area (Å²) < 4.78 is 45.9. The minimum atomic E-state index is -3.82. The fourth-order valence-corrected chi connectivity index (χ4v) is 4.99. The highest BCUT2D eigenvalue weighted by Gasteiger charge is 2.31. The first-order valence-electron chi connectivity index (χ1n) is 8.32. The lowest BCUT2D eigenvalue weighted by Gasteiger charge is -2.34. The van der Waals surface area contributed by atoms with Crippen LogP contribution in [-0.2, 0) is 10.0 Å². The smallest absolute Gasteiger partial charge is 0.255 e. The summed E-state index contributed by atoms with van der Waals surface area (Å²) in [5.74, 6) is -0.339. The normalized spacial score (nSPS) is 15.5. The molecule has 10 heteroatoms. The molecule has 1 heterocycles. The van der Waals surface area contributed by atoms with E-state index in [9.17, 15) is 17.6 Å². The first-order valence-corrected chi connectivity index (χ1v) is 10.9. The molecule has 1 aliphatic rings. The van der Waals surface area contributed by atoms with E-state index < -0.39 is 15.8 Å². The first-order chi connectivity index (χ1) is 13.2. The highest BCUT2D eigenvalue weighted by Crippen LogP contribution is 2.26. The number of sulfonamides is 1. The molecule has 2 aromatic rings. The predicted octanol–water partition coefficient (Wildman–Crippen LogP) is 3.40. The Bertz CT molecular complexity index is 1010. The molecular weight excluding hydrogens is 475 g/mol. The SMILES string of the molecule is COc1ccc(Br)c(C(=O)N2CCN(S(=O)(=O)c3ccc(F)c(Cl)c3)CC2)c1. The maximum Gasteiger partial charge on any atom is 0.255 e. The van der Waals surface area contributed by atoms with Gasteiger partial charge in [0.1, 0.15) is 11.6 Å². The van der Waals surface area contributed by atoms with Crippen molar-refractivity contribution in [3.63, 3.8) is 0 Å². The van der Waals surface area contributed by atoms with E-state index in [0.717, 1.165) is 12.1 Å². The second kappa shape index (κ2) is 8.36. The molecule has 3 rings (SSSR count). The van der Waals surface area contributed by atoms with Gasteiger partial charge in [-0.25, -0.2) is 12.8 Å². The number of carbonyl (C=O) groups excluding carboxylic acids is 1. The monoisotopic (exact) mass is 490 g/mol. The number of hydrogen-bond donors (Lipinski definition) is 0. The van der Waals surface area contributed by atoms with Crippen molar-refractivity contribution in [2.24, 2.45) is 0 Å². The largest absolute Gasteiger partial charge is 0.497 e. The molecule has 1 aliphatic heterocycles. The van der Waals surface area contributed by atoms with E-state index in [2.05, 4.69) is 15.9 Å². The van der Waals surface area contributed by atoms with Crippen LogP contribution in [-0.4, -0.2) is 56.8 Å². The maximum atomic E-state index is 13.3. The quantitative estimate of drug-likeness (QED) is 0.657. The summed E-state index contributed by atoms with van der Waals surface area (Å²) in [5.41, 5.74) is 0.445. The molecule has 150 valence electrons. The topological polar surface area (TPSA) is 66.9 Å². The molecule has 0 bridgehead atoms. The van der Waals surface area contributed by atoms with Crippen molar-refractivity contribution in [2.45, 2.75) is 4.90 Å². The van der Waals surface area contributed by atoms with Crippen molar-refractivity contribution >= 4 is 43.5 Å². The molecular formula is C18H17BrClFN2O4S. The summed E-state index contributed by atoms with van der Waals surface area (Å²) in [4.78, 5) is 14.3. The minimum Gasteiger partial charge on any atom is -0.497 e. The van der Waals surface area contributed by atoms with Crippen LogP contribution in [0.4, 0.5) is 4.39 Å². The van der Waals surface area contributed by atoms with Crippen molar-refractivity contribution in [3.05, 3.63) is 57.3 Å². The molecule has 6 nitrogen and oxygen atoms in total. The minimum absolute atomic E-state index is 0.0748. The van der Waals surface area contributed by atoms with Crippen LogP contribution in [0.3, 0.4) is 0 Å². The van der Waals surface area contributed by atoms with Crippen LogP contribution in [0.2, 0.25) is 5.02 Å². The molecule has 1 saturated heterocycles. The number of benzene rings is 2. The number of hydrogen-bond acceptors (Lipinski definition) is 4. The predicted molar refractivity (Wildman–Crippen MR) is 107 cm³/mol. The molecule has 28 heavy (non-hydrogen) atoms. The Hall–Kier alpha value is -1.68. The number of rotatable bonds is 4. The average molecular weight is 492 g/mol. The molecule has 0 radical (unpaired) electrons. The number of piperazine rings is 1. The van der Waals surface area contributed by atoms with Gasteiger partial charge in [-0.2, -0.15) is 4.31 Å². The zero-order valence-electron chi connectivity index (χ0n) is 14.9. The average Bonchev–Trinajstić information content (AvgIpc) is 2.70. The van der Waals surface area contributed by atoms with Crippen molar-refractivity contribution in [1.82, 2.24) is 9.21 Å². The third kappa shape index (κ3) is 4.17. The second-order valence-corrected chi connectivity index (χ2v) is 9.32. The van der Waals surface area contributed by atoms with E-state index in [-0.39, 0.29) is 42.0 Å². The van der Waals surface area contributed by atoms with Crippen LogP contribution < -0.4 is 4.74 Å². The van der Waals surface area contributed by atoms with Gasteiger partial charge in [-0.1, -0.05) is 11.6 Å². The Kier molecular flexibility index (Phi) is 6.28. The molecule has 0 aromatic heterocycles. The maximum absolute atomic E-state index is 13.3. The number of halogens is 3. The lowest BCUT2D eigenvalue weighted by molar-refractivity contribution is 0.0696. The van der Waals surface area contributed by atoms with E-state index in [1.54, 1.807) is 23.1 Å². The molecule has 0 saturated carbocycles. The third-order valence-electron chi connectivity index (χ3n) is 4.46. The Morgan fingerprint density at radius 1 is 1.14 bits per heavy atom. The molecule has 0 unspecified atom stereocenters. The Labute approximate surface area is 176 Å². The Morgan fingerprint density at radius 3 is 2.43 bits per heavy atom. The van der Waals surface area contributed by atoms with Gasteiger partial charge in [0.05, 0.1) is 22.6 Å². The van der Waals surface area contributed by atoms with Crippen molar-refractivity contribution in [2.75, 3.05) is 33.3 Å². The highest BCUT2D eigenvalue weighted by molar-refractivity contribution is 9.10. The summed E-state index contributed by atoms with van der Waals surface area (Å²) in [7, 11) is -2.30. The standard InChI is InChI=1S/C18H17BrClFN2O4S/c1-27-12-2-4-15(19)14(10-12)18(24)22-6-8-23(9-7-22)28(25,26)13-3-5-17(21)16(20)11-13/h2-5,10-11H,6-9H2,1H3. The summed E-state index contributed by atoms with van der Waals surface area (Å²) in [6.45, 7) is 0.725. The van der Waals surface area contributed by atoms with Gasteiger partial charge in [0.15, 0.2) is 0 Å². The molecule has 0 spiro atoms. The first kappa shape index (κ1) is 21.0. The van der Waals surface area contributed by atoms with Crippen LogP contribution in [0.15, 0.2) is 45.8 Å². The fourth-order valence-electron chi connectivity index (χ4n) is 2.88. The van der Waals surface area contributed by atoms with Crippen molar-refractivity contribution in [3.8, 4) is 5.75 Å². The molecule has 2 aromatic carbocycles. The number of amides is 1. The van der Waals surface area contributed by atoms with Crippen LogP contribution in [0.25, 0.3) is 0 Å². The molecule has 1 amide bonds. The van der Waals surface area contributed by atoms with Gasteiger partial charge in [-0.3, -0.25) is 4.79 Å². The lowest BCUT2D eigenvalue weighted by atomic mass is 10.1.